The normalized spacial score (nSPS) is 11.3. The second-order valence-electron chi connectivity index (χ2n) is 4.53. The Labute approximate surface area is 126 Å². The Morgan fingerprint density at radius 2 is 1.70 bits per heavy atom. The fourth-order valence-corrected chi connectivity index (χ4v) is 3.18. The van der Waals surface area contributed by atoms with Gasteiger partial charge in [0.15, 0.2) is 0 Å². The molecule has 0 aliphatic rings. The largest absolute Gasteiger partial charge is 0.508 e. The van der Waals surface area contributed by atoms with Crippen molar-refractivity contribution in [2.45, 2.75) is 18.7 Å². The molecule has 0 bridgehead atoms. The fourth-order valence-electron chi connectivity index (χ4n) is 1.87. The van der Waals surface area contributed by atoms with E-state index in [1.54, 1.807) is 12.1 Å². The Bertz CT molecular complexity index is 734. The average Bonchev–Trinajstić information content (AvgIpc) is 2.35. The Balaban J connectivity index is 2.38. The van der Waals surface area contributed by atoms with Gasteiger partial charge in [0.1, 0.15) is 5.75 Å². The minimum Gasteiger partial charge on any atom is -0.508 e. The lowest BCUT2D eigenvalue weighted by molar-refractivity contribution is 0.473. The van der Waals surface area contributed by atoms with E-state index in [1.807, 2.05) is 13.8 Å². The summed E-state index contributed by atoms with van der Waals surface area (Å²) < 4.78 is 27.9. The van der Waals surface area contributed by atoms with E-state index in [4.69, 9.17) is 0 Å². The summed E-state index contributed by atoms with van der Waals surface area (Å²) in [5.74, 6) is -0.0870. The van der Waals surface area contributed by atoms with Crippen LogP contribution < -0.4 is 4.72 Å². The Morgan fingerprint density at radius 1 is 1.10 bits per heavy atom. The minimum atomic E-state index is -3.71. The minimum absolute atomic E-state index is 0.0238. The molecular formula is C14H14BrNO3S. The van der Waals surface area contributed by atoms with Crippen molar-refractivity contribution >= 4 is 31.6 Å². The van der Waals surface area contributed by atoms with Crippen LogP contribution in [0.15, 0.2) is 45.8 Å². The number of phenols is 1. The summed E-state index contributed by atoms with van der Waals surface area (Å²) in [6.45, 7) is 3.78. The molecule has 2 aromatic carbocycles. The number of hydrogen-bond donors (Lipinski definition) is 2. The zero-order valence-corrected chi connectivity index (χ0v) is 13.4. The third-order valence-corrected chi connectivity index (χ3v) is 5.45. The molecule has 106 valence electrons. The standard InChI is InChI=1S/C14H14BrNO3S/c1-9-6-11(7-10(2)14(9)15)16-20(18,19)13-5-3-4-12(17)8-13/h3-8,16-17H,1-2H3. The molecule has 2 aromatic rings. The molecule has 2 N–H and O–H groups in total. The number of rotatable bonds is 3. The van der Waals surface area contributed by atoms with Gasteiger partial charge in [-0.05, 0) is 49.2 Å². The van der Waals surface area contributed by atoms with Crippen LogP contribution in [0.5, 0.6) is 5.75 Å². The van der Waals surface area contributed by atoms with Crippen LogP contribution in [0.2, 0.25) is 0 Å². The summed E-state index contributed by atoms with van der Waals surface area (Å²) in [5.41, 5.74) is 2.38. The van der Waals surface area contributed by atoms with Crippen molar-refractivity contribution < 1.29 is 13.5 Å². The molecule has 0 aromatic heterocycles. The van der Waals surface area contributed by atoms with Gasteiger partial charge in [-0.3, -0.25) is 4.72 Å². The van der Waals surface area contributed by atoms with Crippen molar-refractivity contribution in [1.82, 2.24) is 0 Å². The number of phenolic OH excluding ortho intramolecular Hbond substituents is 1. The smallest absolute Gasteiger partial charge is 0.262 e. The molecule has 0 amide bonds. The molecule has 0 radical (unpaired) electrons. The van der Waals surface area contributed by atoms with Gasteiger partial charge in [0.25, 0.3) is 10.0 Å². The maximum absolute atomic E-state index is 12.2. The van der Waals surface area contributed by atoms with Crippen molar-refractivity contribution in [2.24, 2.45) is 0 Å². The van der Waals surface area contributed by atoms with E-state index in [0.29, 0.717) is 5.69 Å². The Kier molecular flexibility index (Phi) is 4.06. The second kappa shape index (κ2) is 5.46. The summed E-state index contributed by atoms with van der Waals surface area (Å²) in [4.78, 5) is 0.0238. The van der Waals surface area contributed by atoms with Gasteiger partial charge in [0, 0.05) is 16.2 Å². The summed E-state index contributed by atoms with van der Waals surface area (Å²) in [7, 11) is -3.71. The number of sulfonamides is 1. The molecule has 0 saturated carbocycles. The highest BCUT2D eigenvalue weighted by Crippen LogP contribution is 2.27. The molecular weight excluding hydrogens is 342 g/mol. The SMILES string of the molecule is Cc1cc(NS(=O)(=O)c2cccc(O)c2)cc(C)c1Br. The van der Waals surface area contributed by atoms with Gasteiger partial charge in [-0.2, -0.15) is 0 Å². The van der Waals surface area contributed by atoms with Crippen LogP contribution in [-0.2, 0) is 10.0 Å². The third kappa shape index (κ3) is 3.13. The Morgan fingerprint density at radius 3 is 2.25 bits per heavy atom. The van der Waals surface area contributed by atoms with Crippen molar-refractivity contribution in [1.29, 1.82) is 0 Å². The van der Waals surface area contributed by atoms with Gasteiger partial charge in [-0.1, -0.05) is 22.0 Å². The van der Waals surface area contributed by atoms with E-state index >= 15 is 0 Å². The number of hydrogen-bond acceptors (Lipinski definition) is 3. The first-order valence-corrected chi connectivity index (χ1v) is 8.16. The second-order valence-corrected chi connectivity index (χ2v) is 7.00. The number of nitrogens with one attached hydrogen (secondary N) is 1. The molecule has 2 rings (SSSR count). The first-order valence-electron chi connectivity index (χ1n) is 5.88. The fraction of sp³-hybridized carbons (Fsp3) is 0.143. The molecule has 0 spiro atoms. The van der Waals surface area contributed by atoms with Crippen LogP contribution >= 0.6 is 15.9 Å². The van der Waals surface area contributed by atoms with Crippen LogP contribution in [0, 0.1) is 13.8 Å². The number of halogens is 1. The molecule has 0 atom stereocenters. The van der Waals surface area contributed by atoms with E-state index in [2.05, 4.69) is 20.7 Å². The zero-order valence-electron chi connectivity index (χ0n) is 11.0. The van der Waals surface area contributed by atoms with Crippen molar-refractivity contribution in [3.8, 4) is 5.75 Å². The molecule has 0 fully saturated rings. The molecule has 0 saturated heterocycles. The first kappa shape index (κ1) is 14.9. The predicted octanol–water partition coefficient (Wildman–Crippen LogP) is 3.57. The highest BCUT2D eigenvalue weighted by atomic mass is 79.9. The van der Waals surface area contributed by atoms with Gasteiger partial charge in [0.05, 0.1) is 4.90 Å². The van der Waals surface area contributed by atoms with Crippen LogP contribution in [0.4, 0.5) is 5.69 Å². The van der Waals surface area contributed by atoms with Gasteiger partial charge < -0.3 is 5.11 Å². The third-order valence-electron chi connectivity index (χ3n) is 2.82. The van der Waals surface area contributed by atoms with E-state index in [1.165, 1.54) is 24.3 Å². The molecule has 4 nitrogen and oxygen atoms in total. The molecule has 0 aliphatic carbocycles. The quantitative estimate of drug-likeness (QED) is 0.884. The van der Waals surface area contributed by atoms with Crippen LogP contribution in [0.1, 0.15) is 11.1 Å². The van der Waals surface area contributed by atoms with Crippen molar-refractivity contribution in [3.05, 3.63) is 52.0 Å². The van der Waals surface area contributed by atoms with E-state index in [0.717, 1.165) is 15.6 Å². The highest BCUT2D eigenvalue weighted by molar-refractivity contribution is 9.10. The summed E-state index contributed by atoms with van der Waals surface area (Å²) in [6.07, 6.45) is 0. The lowest BCUT2D eigenvalue weighted by Gasteiger charge is -2.11. The average molecular weight is 356 g/mol. The number of benzene rings is 2. The van der Waals surface area contributed by atoms with Crippen LogP contribution in [-0.4, -0.2) is 13.5 Å². The van der Waals surface area contributed by atoms with Crippen LogP contribution in [0.3, 0.4) is 0 Å². The monoisotopic (exact) mass is 355 g/mol. The lowest BCUT2D eigenvalue weighted by atomic mass is 10.1. The lowest BCUT2D eigenvalue weighted by Crippen LogP contribution is -2.13. The maximum Gasteiger partial charge on any atom is 0.262 e. The van der Waals surface area contributed by atoms with Crippen molar-refractivity contribution in [3.63, 3.8) is 0 Å². The van der Waals surface area contributed by atoms with Crippen molar-refractivity contribution in [2.75, 3.05) is 4.72 Å². The predicted molar refractivity (Wildman–Crippen MR) is 82.5 cm³/mol. The summed E-state index contributed by atoms with van der Waals surface area (Å²) in [5, 5.41) is 9.37. The number of aromatic hydroxyl groups is 1. The molecule has 0 unspecified atom stereocenters. The van der Waals surface area contributed by atoms with Gasteiger partial charge in [0.2, 0.25) is 0 Å². The van der Waals surface area contributed by atoms with Gasteiger partial charge in [-0.25, -0.2) is 8.42 Å². The Hall–Kier alpha value is -1.53. The number of aryl methyl sites for hydroxylation is 2. The van der Waals surface area contributed by atoms with Gasteiger partial charge >= 0.3 is 0 Å². The van der Waals surface area contributed by atoms with E-state index < -0.39 is 10.0 Å². The highest BCUT2D eigenvalue weighted by Gasteiger charge is 2.15. The van der Waals surface area contributed by atoms with E-state index in [9.17, 15) is 13.5 Å². The first-order chi connectivity index (χ1) is 9.29. The summed E-state index contributed by atoms with van der Waals surface area (Å²) >= 11 is 3.44. The summed E-state index contributed by atoms with van der Waals surface area (Å²) in [6, 6.07) is 9.05. The van der Waals surface area contributed by atoms with Gasteiger partial charge in [-0.15, -0.1) is 0 Å². The molecule has 0 aliphatic heterocycles. The zero-order chi connectivity index (χ0) is 14.9. The number of anilines is 1. The molecule has 0 heterocycles. The topological polar surface area (TPSA) is 66.4 Å². The molecule has 6 heteroatoms. The van der Waals surface area contributed by atoms with Crippen LogP contribution in [0.25, 0.3) is 0 Å². The van der Waals surface area contributed by atoms with E-state index in [-0.39, 0.29) is 10.6 Å². The molecule has 20 heavy (non-hydrogen) atoms. The maximum atomic E-state index is 12.2.